The lowest BCUT2D eigenvalue weighted by atomic mass is 9.80. The Morgan fingerprint density at radius 1 is 1.09 bits per heavy atom. The van der Waals surface area contributed by atoms with Crippen LogP contribution in [0.15, 0.2) is 89.7 Å². The van der Waals surface area contributed by atoms with Crippen molar-refractivity contribution in [3.8, 4) is 0 Å². The molecule has 0 radical (unpaired) electrons. The largest absolute Gasteiger partial charge is 0.401 e. The van der Waals surface area contributed by atoms with E-state index in [1.807, 2.05) is 36.5 Å². The molecule has 0 aromatic heterocycles. The second-order valence-electron chi connectivity index (χ2n) is 8.62. The van der Waals surface area contributed by atoms with Crippen molar-refractivity contribution in [2.24, 2.45) is 11.7 Å². The molecule has 1 fully saturated rings. The van der Waals surface area contributed by atoms with Crippen LogP contribution >= 0.6 is 0 Å². The molecule has 2 unspecified atom stereocenters. The number of nitrogens with one attached hydrogen (secondary N) is 1. The number of quaternary nitrogens is 1. The molecule has 4 rings (SSSR count). The highest BCUT2D eigenvalue weighted by Gasteiger charge is 2.42. The summed E-state index contributed by atoms with van der Waals surface area (Å²) in [5, 5.41) is 2.73. The Morgan fingerprint density at radius 3 is 2.50 bits per heavy atom. The van der Waals surface area contributed by atoms with Crippen molar-refractivity contribution in [2.45, 2.75) is 36.6 Å². The minimum absolute atomic E-state index is 0.0703. The Bertz CT molecular complexity index is 1220. The van der Waals surface area contributed by atoms with E-state index in [1.165, 1.54) is 24.3 Å². The van der Waals surface area contributed by atoms with Gasteiger partial charge < -0.3 is 16.8 Å². The van der Waals surface area contributed by atoms with Gasteiger partial charge in [0.2, 0.25) is 0 Å². The summed E-state index contributed by atoms with van der Waals surface area (Å²) in [7, 11) is -3.75. The van der Waals surface area contributed by atoms with Gasteiger partial charge in [0.25, 0.3) is 15.9 Å². The third-order valence-corrected chi connectivity index (χ3v) is 8.22. The highest BCUT2D eigenvalue weighted by molar-refractivity contribution is 7.89. The molecule has 34 heavy (non-hydrogen) atoms. The molecule has 178 valence electrons. The zero-order chi connectivity index (χ0) is 24.1. The minimum Gasteiger partial charge on any atom is -0.401 e. The molecule has 2 aliphatic rings. The molecule has 1 amide bonds. The Hall–Kier alpha value is -3.36. The maximum Gasteiger partial charge on any atom is 0.264 e. The normalized spacial score (nSPS) is 20.8. The number of sulfonamides is 1. The van der Waals surface area contributed by atoms with Crippen molar-refractivity contribution in [2.75, 3.05) is 6.54 Å². The van der Waals surface area contributed by atoms with Gasteiger partial charge in [0.15, 0.2) is 0 Å². The van der Waals surface area contributed by atoms with Crippen molar-refractivity contribution in [1.82, 2.24) is 9.62 Å². The molecule has 0 spiro atoms. The Labute approximate surface area is 200 Å². The first-order valence-electron chi connectivity index (χ1n) is 11.5. The van der Waals surface area contributed by atoms with Gasteiger partial charge in [-0.1, -0.05) is 43.2 Å². The van der Waals surface area contributed by atoms with E-state index in [9.17, 15) is 13.2 Å². The topological polar surface area (TPSA) is 120 Å². The summed E-state index contributed by atoms with van der Waals surface area (Å²) >= 11 is 0. The Morgan fingerprint density at radius 2 is 1.79 bits per heavy atom. The molecular formula is C26H31N4O3S+. The first-order valence-corrected chi connectivity index (χ1v) is 12.9. The third kappa shape index (κ3) is 4.93. The predicted molar refractivity (Wildman–Crippen MR) is 132 cm³/mol. The van der Waals surface area contributed by atoms with Crippen LogP contribution in [0.2, 0.25) is 0 Å². The van der Waals surface area contributed by atoms with E-state index in [4.69, 9.17) is 5.73 Å². The standard InChI is InChI=1S/C26H30N4O3S/c27-16-6-9-21(28)17-29-26(31)20-12-14-22(15-13-20)34(32,33)30-18-24(19-7-2-1-3-8-19)23-10-4-5-11-25(23)30/h1-3,6-9,12-16,18,23,25H,4-5,10-11,17,27-28H2,(H,29,31)/p+1/b16-6-,21-9-. The van der Waals surface area contributed by atoms with Gasteiger partial charge in [-0.15, -0.1) is 0 Å². The molecular weight excluding hydrogens is 448 g/mol. The van der Waals surface area contributed by atoms with Gasteiger partial charge >= 0.3 is 0 Å². The Kier molecular flexibility index (Phi) is 7.19. The van der Waals surface area contributed by atoms with Crippen LogP contribution in [0.3, 0.4) is 0 Å². The number of amides is 1. The van der Waals surface area contributed by atoms with E-state index in [2.05, 4.69) is 11.1 Å². The predicted octanol–water partition coefficient (Wildman–Crippen LogP) is 2.62. The van der Waals surface area contributed by atoms with Gasteiger partial charge in [-0.2, -0.15) is 0 Å². The van der Waals surface area contributed by atoms with Crippen LogP contribution in [0, 0.1) is 5.92 Å². The van der Waals surface area contributed by atoms with Crippen LogP contribution < -0.4 is 16.8 Å². The number of nitrogens with zero attached hydrogens (tertiary/aromatic N) is 1. The zero-order valence-corrected chi connectivity index (χ0v) is 19.9. The van der Waals surface area contributed by atoms with E-state index < -0.39 is 10.0 Å². The molecule has 2 aromatic carbocycles. The average Bonchev–Trinajstić information content (AvgIpc) is 3.27. The molecule has 2 aromatic rings. The lowest BCUT2D eigenvalue weighted by Gasteiger charge is -2.33. The van der Waals surface area contributed by atoms with Gasteiger partial charge in [-0.3, -0.25) is 9.10 Å². The highest BCUT2D eigenvalue weighted by Crippen LogP contribution is 2.45. The molecule has 0 saturated heterocycles. The number of carbonyl (C=O) groups excluding carboxylic acids is 1. The number of benzene rings is 2. The number of fused-ring (bicyclic) bond motifs is 1. The monoisotopic (exact) mass is 479 g/mol. The lowest BCUT2D eigenvalue weighted by Crippen LogP contribution is -2.39. The van der Waals surface area contributed by atoms with Crippen LogP contribution in [-0.4, -0.2) is 31.2 Å². The van der Waals surface area contributed by atoms with E-state index in [-0.39, 0.29) is 29.3 Å². The van der Waals surface area contributed by atoms with E-state index >= 15 is 0 Å². The van der Waals surface area contributed by atoms with Crippen LogP contribution in [0.25, 0.3) is 5.57 Å². The maximum atomic E-state index is 13.6. The molecule has 7 nitrogen and oxygen atoms in total. The summed E-state index contributed by atoms with van der Waals surface area (Å²) in [5.74, 6) is -0.119. The molecule has 1 aliphatic carbocycles. The van der Waals surface area contributed by atoms with E-state index in [0.29, 0.717) is 11.3 Å². The molecule has 1 aliphatic heterocycles. The summed E-state index contributed by atoms with van der Waals surface area (Å²) in [4.78, 5) is 12.6. The number of rotatable bonds is 7. The number of allylic oxidation sites excluding steroid dienone is 2. The molecule has 2 atom stereocenters. The fraction of sp³-hybridized carbons (Fsp3) is 0.269. The van der Waals surface area contributed by atoms with Crippen molar-refractivity contribution >= 4 is 21.5 Å². The fourth-order valence-electron chi connectivity index (χ4n) is 4.71. The highest BCUT2D eigenvalue weighted by atomic mass is 32.2. The summed E-state index contributed by atoms with van der Waals surface area (Å²) < 4.78 is 28.8. The molecule has 6 N–H and O–H groups in total. The number of hydrogen-bond donors (Lipinski definition) is 3. The number of nitrogens with two attached hydrogens (primary N) is 1. The van der Waals surface area contributed by atoms with Crippen molar-refractivity contribution in [1.29, 1.82) is 0 Å². The van der Waals surface area contributed by atoms with E-state index in [0.717, 1.165) is 36.8 Å². The van der Waals surface area contributed by atoms with Gasteiger partial charge in [-0.25, -0.2) is 8.42 Å². The number of hydrogen-bond acceptors (Lipinski definition) is 4. The van der Waals surface area contributed by atoms with Gasteiger partial charge in [0.05, 0.1) is 23.7 Å². The lowest BCUT2D eigenvalue weighted by molar-refractivity contribution is -0.274. The van der Waals surface area contributed by atoms with Crippen LogP contribution in [-0.2, 0) is 10.0 Å². The van der Waals surface area contributed by atoms with Crippen molar-refractivity contribution in [3.63, 3.8) is 0 Å². The molecule has 8 heteroatoms. The van der Waals surface area contributed by atoms with Crippen LogP contribution in [0.1, 0.15) is 41.6 Å². The minimum atomic E-state index is -3.75. The maximum absolute atomic E-state index is 13.6. The zero-order valence-electron chi connectivity index (χ0n) is 19.1. The van der Waals surface area contributed by atoms with Gasteiger partial charge in [-0.05, 0) is 60.4 Å². The first-order chi connectivity index (χ1) is 16.4. The second kappa shape index (κ2) is 10.3. The van der Waals surface area contributed by atoms with Gasteiger partial charge in [0.1, 0.15) is 0 Å². The van der Waals surface area contributed by atoms with Gasteiger partial charge in [0, 0.05) is 23.4 Å². The van der Waals surface area contributed by atoms with Crippen LogP contribution in [0.5, 0.6) is 0 Å². The quantitative estimate of drug-likeness (QED) is 0.529. The molecule has 1 heterocycles. The van der Waals surface area contributed by atoms with Crippen LogP contribution in [0.4, 0.5) is 0 Å². The molecule has 0 bridgehead atoms. The third-order valence-electron chi connectivity index (χ3n) is 6.42. The summed E-state index contributed by atoms with van der Waals surface area (Å²) in [6.07, 6.45) is 10.7. The summed E-state index contributed by atoms with van der Waals surface area (Å²) in [6, 6.07) is 16.0. The van der Waals surface area contributed by atoms with E-state index in [1.54, 1.807) is 22.7 Å². The van der Waals surface area contributed by atoms with Crippen molar-refractivity contribution < 1.29 is 18.9 Å². The Balaban J connectivity index is 1.54. The smallest absolute Gasteiger partial charge is 0.264 e. The average molecular weight is 480 g/mol. The number of carbonyl (C=O) groups is 1. The van der Waals surface area contributed by atoms with Crippen molar-refractivity contribution in [3.05, 3.63) is 96.0 Å². The summed E-state index contributed by atoms with van der Waals surface area (Å²) in [5.41, 5.74) is 12.4. The molecule has 1 saturated carbocycles. The SMILES string of the molecule is N/C(=C\C=C/[NH3+])CNC(=O)c1ccc(S(=O)(=O)N2C=C(c3ccccc3)C3CCCCC32)cc1. The fourth-order valence-corrected chi connectivity index (χ4v) is 6.29. The second-order valence-corrected chi connectivity index (χ2v) is 10.5. The first kappa shape index (κ1) is 23.8. The summed E-state index contributed by atoms with van der Waals surface area (Å²) in [6.45, 7) is 0.188.